The van der Waals surface area contributed by atoms with E-state index in [0.29, 0.717) is 0 Å². The third-order valence-corrected chi connectivity index (χ3v) is 7.79. The number of ether oxygens (including phenoxy) is 6. The zero-order valence-corrected chi connectivity index (χ0v) is 24.6. The van der Waals surface area contributed by atoms with Gasteiger partial charge in [-0.05, 0) is 19.1 Å². The number of methoxy groups -OCH3 is 2. The zero-order valence-electron chi connectivity index (χ0n) is 24.6. The summed E-state index contributed by atoms with van der Waals surface area (Å²) in [4.78, 5) is 13.9. The number of rotatable bonds is 8. The summed E-state index contributed by atoms with van der Waals surface area (Å²) in [6, 6.07) is 4.63. The van der Waals surface area contributed by atoms with Gasteiger partial charge >= 0.3 is 0 Å². The van der Waals surface area contributed by atoms with Gasteiger partial charge in [-0.3, -0.25) is 4.79 Å². The van der Waals surface area contributed by atoms with Gasteiger partial charge in [0.15, 0.2) is 17.3 Å². The molecule has 0 saturated carbocycles. The number of aliphatic hydroxyl groups excluding tert-OH is 7. The summed E-state index contributed by atoms with van der Waals surface area (Å²) in [7, 11) is 2.51. The molecular weight excluding hydrogens is 620 g/mol. The fourth-order valence-corrected chi connectivity index (χ4v) is 5.17. The Balaban J connectivity index is 1.65. The van der Waals surface area contributed by atoms with E-state index in [1.807, 2.05) is 0 Å². The second kappa shape index (κ2) is 13.1. The highest BCUT2D eigenvalue weighted by Gasteiger charge is 2.46. The third kappa shape index (κ3) is 5.88. The zero-order chi connectivity index (χ0) is 33.6. The number of benzene rings is 2. The van der Waals surface area contributed by atoms with Gasteiger partial charge in [0.05, 0.1) is 26.9 Å². The molecule has 0 bridgehead atoms. The van der Waals surface area contributed by atoms with Gasteiger partial charge in [-0.1, -0.05) is 0 Å². The van der Waals surface area contributed by atoms with Gasteiger partial charge < -0.3 is 78.8 Å². The number of phenols is 2. The lowest BCUT2D eigenvalue weighted by Crippen LogP contribution is -2.60. The Morgan fingerprint density at radius 2 is 1.35 bits per heavy atom. The molecule has 9 N–H and O–H groups in total. The number of hydrogen-bond donors (Lipinski definition) is 9. The van der Waals surface area contributed by atoms with Crippen molar-refractivity contribution < 1.29 is 78.8 Å². The molecule has 0 amide bonds. The van der Waals surface area contributed by atoms with Crippen LogP contribution in [0.15, 0.2) is 33.5 Å². The van der Waals surface area contributed by atoms with Gasteiger partial charge in [0, 0.05) is 17.7 Å². The van der Waals surface area contributed by atoms with E-state index in [2.05, 4.69) is 0 Å². The summed E-state index contributed by atoms with van der Waals surface area (Å²) in [6.07, 6.45) is -15.9. The Morgan fingerprint density at radius 3 is 1.93 bits per heavy atom. The SMILES string of the molecule is COc1cc(-c2oc3cc(O[C@@H]4O[C@H](CO)[C@@H](O)[C@H](O)[C@H]4O)cc(O)c3c(=O)c2O[C@@H]2O[C@@H](C)[C@H](O)[C@@H](O)[C@H]2O)cc(OC)c1O. The first-order chi connectivity index (χ1) is 21.8. The van der Waals surface area contributed by atoms with E-state index in [4.69, 9.17) is 32.8 Å². The smallest absolute Gasteiger partial charge is 0.239 e. The molecule has 46 heavy (non-hydrogen) atoms. The van der Waals surface area contributed by atoms with Crippen LogP contribution in [0.2, 0.25) is 0 Å². The molecule has 17 nitrogen and oxygen atoms in total. The molecule has 0 spiro atoms. The van der Waals surface area contributed by atoms with Crippen molar-refractivity contribution in [1.29, 1.82) is 0 Å². The molecule has 2 aliphatic heterocycles. The van der Waals surface area contributed by atoms with Gasteiger partial charge in [0.1, 0.15) is 65.2 Å². The van der Waals surface area contributed by atoms with Crippen LogP contribution >= 0.6 is 0 Å². The molecule has 2 aliphatic rings. The summed E-state index contributed by atoms with van der Waals surface area (Å²) in [5.41, 5.74) is -1.28. The second-order valence-electron chi connectivity index (χ2n) is 10.7. The van der Waals surface area contributed by atoms with E-state index in [9.17, 15) is 50.8 Å². The van der Waals surface area contributed by atoms with Crippen molar-refractivity contribution in [3.63, 3.8) is 0 Å². The molecule has 2 aromatic carbocycles. The monoisotopic (exact) mass is 654 g/mol. The molecule has 10 atom stereocenters. The predicted octanol–water partition coefficient (Wildman–Crippen LogP) is -1.73. The van der Waals surface area contributed by atoms with Gasteiger partial charge in [-0.15, -0.1) is 0 Å². The minimum absolute atomic E-state index is 0.0270. The Morgan fingerprint density at radius 1 is 0.761 bits per heavy atom. The highest BCUT2D eigenvalue weighted by atomic mass is 16.7. The summed E-state index contributed by atoms with van der Waals surface area (Å²) < 4.78 is 38.7. The van der Waals surface area contributed by atoms with Gasteiger partial charge in [0.25, 0.3) is 0 Å². The molecule has 0 aliphatic carbocycles. The molecule has 0 radical (unpaired) electrons. The van der Waals surface area contributed by atoms with Crippen LogP contribution in [-0.4, -0.2) is 128 Å². The predicted molar refractivity (Wildman–Crippen MR) is 152 cm³/mol. The van der Waals surface area contributed by atoms with E-state index in [-0.39, 0.29) is 39.9 Å². The van der Waals surface area contributed by atoms with E-state index in [1.165, 1.54) is 33.3 Å². The van der Waals surface area contributed by atoms with Crippen LogP contribution in [0.5, 0.6) is 34.5 Å². The van der Waals surface area contributed by atoms with Crippen molar-refractivity contribution in [2.75, 3.05) is 20.8 Å². The topological polar surface area (TPSA) is 268 Å². The first-order valence-corrected chi connectivity index (χ1v) is 13.9. The van der Waals surface area contributed by atoms with Crippen molar-refractivity contribution in [2.45, 2.75) is 68.3 Å². The Kier molecular flexibility index (Phi) is 9.50. The minimum atomic E-state index is -1.83. The summed E-state index contributed by atoms with van der Waals surface area (Å²) in [5, 5.41) is 91.9. The number of phenolic OH excluding ortho intramolecular Hbond substituents is 2. The van der Waals surface area contributed by atoms with Crippen LogP contribution in [0.25, 0.3) is 22.3 Å². The summed E-state index contributed by atoms with van der Waals surface area (Å²) in [6.45, 7) is 0.681. The number of hydrogen-bond acceptors (Lipinski definition) is 17. The molecular formula is C29H34O17. The van der Waals surface area contributed by atoms with Crippen LogP contribution in [0, 0.1) is 0 Å². The Labute approximate surface area is 259 Å². The highest BCUT2D eigenvalue weighted by Crippen LogP contribution is 2.44. The van der Waals surface area contributed by atoms with Gasteiger partial charge in [-0.25, -0.2) is 0 Å². The number of aliphatic hydroxyl groups is 7. The first-order valence-electron chi connectivity index (χ1n) is 13.9. The van der Waals surface area contributed by atoms with Crippen molar-refractivity contribution >= 4 is 11.0 Å². The highest BCUT2D eigenvalue weighted by molar-refractivity contribution is 5.88. The maximum atomic E-state index is 13.9. The lowest BCUT2D eigenvalue weighted by molar-refractivity contribution is -0.277. The van der Waals surface area contributed by atoms with E-state index in [0.717, 1.165) is 12.1 Å². The fourth-order valence-electron chi connectivity index (χ4n) is 5.17. The van der Waals surface area contributed by atoms with E-state index in [1.54, 1.807) is 0 Å². The summed E-state index contributed by atoms with van der Waals surface area (Å²) in [5.74, 6) is -2.53. The lowest BCUT2D eigenvalue weighted by atomic mass is 9.99. The van der Waals surface area contributed by atoms with Crippen LogP contribution in [0.4, 0.5) is 0 Å². The average molecular weight is 655 g/mol. The molecule has 2 saturated heterocycles. The average Bonchev–Trinajstić information content (AvgIpc) is 3.03. The normalized spacial score (nSPS) is 31.4. The maximum absolute atomic E-state index is 13.9. The molecule has 2 fully saturated rings. The third-order valence-electron chi connectivity index (χ3n) is 7.79. The van der Waals surface area contributed by atoms with Gasteiger partial charge in [-0.2, -0.15) is 0 Å². The largest absolute Gasteiger partial charge is 0.507 e. The minimum Gasteiger partial charge on any atom is -0.507 e. The lowest BCUT2D eigenvalue weighted by Gasteiger charge is -2.39. The summed E-state index contributed by atoms with van der Waals surface area (Å²) >= 11 is 0. The Bertz CT molecular complexity index is 1600. The molecule has 3 heterocycles. The van der Waals surface area contributed by atoms with E-state index >= 15 is 0 Å². The quantitative estimate of drug-likeness (QED) is 0.131. The first kappa shape index (κ1) is 33.5. The van der Waals surface area contributed by atoms with Crippen LogP contribution in [0.1, 0.15) is 6.92 Å². The van der Waals surface area contributed by atoms with E-state index < -0.39 is 90.3 Å². The molecule has 3 aromatic rings. The molecule has 252 valence electrons. The van der Waals surface area contributed by atoms with Crippen molar-refractivity contribution in [1.82, 2.24) is 0 Å². The van der Waals surface area contributed by atoms with Crippen molar-refractivity contribution in [3.05, 3.63) is 34.5 Å². The molecule has 1 aromatic heterocycles. The van der Waals surface area contributed by atoms with Crippen molar-refractivity contribution in [3.8, 4) is 45.8 Å². The maximum Gasteiger partial charge on any atom is 0.239 e. The van der Waals surface area contributed by atoms with Crippen LogP contribution < -0.4 is 24.4 Å². The molecule has 0 unspecified atom stereocenters. The Hall–Kier alpha value is -3.91. The molecule has 5 rings (SSSR count). The van der Waals surface area contributed by atoms with Gasteiger partial charge in [0.2, 0.25) is 29.5 Å². The van der Waals surface area contributed by atoms with Crippen LogP contribution in [0.3, 0.4) is 0 Å². The van der Waals surface area contributed by atoms with Crippen LogP contribution in [-0.2, 0) is 9.47 Å². The fraction of sp³-hybridized carbons (Fsp3) is 0.483. The van der Waals surface area contributed by atoms with Crippen molar-refractivity contribution in [2.24, 2.45) is 0 Å². The second-order valence-corrected chi connectivity index (χ2v) is 10.7. The number of aromatic hydroxyl groups is 2. The molecule has 17 heteroatoms. The standard InChI is InChI=1S/C29H34O17/c1-9-18(32)22(36)24(38)28(42-9)46-27-21(35)17-12(31)6-11(43-29-25(39)23(37)20(34)16(8-30)45-29)7-13(17)44-26(27)10-4-14(40-2)19(33)15(5-10)41-3/h4-7,9,16,18,20,22-25,28-34,36-39H,8H2,1-3H3/t9-,16+,18-,20+,22+,23-,24+,25+,28-,29+/m0/s1. The number of fused-ring (bicyclic) bond motifs is 1.